The molecule has 3 heteroatoms. The van der Waals surface area contributed by atoms with Crippen molar-refractivity contribution in [2.24, 2.45) is 0 Å². The van der Waals surface area contributed by atoms with Crippen molar-refractivity contribution in [2.75, 3.05) is 30.5 Å². The third-order valence-corrected chi connectivity index (χ3v) is 3.92. The summed E-state index contributed by atoms with van der Waals surface area (Å²) in [5, 5.41) is 0. The summed E-state index contributed by atoms with van der Waals surface area (Å²) >= 11 is 7.88. The molecule has 0 atom stereocenters. The number of alkyl halides is 1. The summed E-state index contributed by atoms with van der Waals surface area (Å²) in [6.45, 7) is 9.03. The van der Waals surface area contributed by atoms with Crippen LogP contribution in [0.4, 0.5) is 0 Å². The highest BCUT2D eigenvalue weighted by atomic mass is 35.5. The van der Waals surface area contributed by atoms with Crippen molar-refractivity contribution in [2.45, 2.75) is 46.1 Å². The summed E-state index contributed by atoms with van der Waals surface area (Å²) in [7, 11) is 0. The molecule has 0 aliphatic heterocycles. The lowest BCUT2D eigenvalue weighted by Crippen LogP contribution is -2.37. The molecular weight excluding hydrogens is 226 g/mol. The monoisotopic (exact) mass is 251 g/mol. The molecule has 0 bridgehead atoms. The van der Waals surface area contributed by atoms with E-state index in [1.807, 2.05) is 11.8 Å². The van der Waals surface area contributed by atoms with Gasteiger partial charge in [0, 0.05) is 18.5 Å². The minimum Gasteiger partial charge on any atom is -0.299 e. The van der Waals surface area contributed by atoms with Crippen LogP contribution in [0.25, 0.3) is 0 Å². The van der Waals surface area contributed by atoms with E-state index in [9.17, 15) is 0 Å². The molecule has 0 aromatic heterocycles. The molecule has 0 amide bonds. The van der Waals surface area contributed by atoms with Gasteiger partial charge in [0.25, 0.3) is 0 Å². The van der Waals surface area contributed by atoms with Crippen LogP contribution < -0.4 is 0 Å². The van der Waals surface area contributed by atoms with E-state index in [0.717, 1.165) is 18.5 Å². The highest BCUT2D eigenvalue weighted by Gasteiger charge is 2.13. The van der Waals surface area contributed by atoms with Gasteiger partial charge in [-0.3, -0.25) is 4.90 Å². The van der Waals surface area contributed by atoms with Gasteiger partial charge in [-0.2, -0.15) is 11.8 Å². The van der Waals surface area contributed by atoms with Gasteiger partial charge in [0.15, 0.2) is 0 Å². The standard InChI is InChI=1S/C12H26ClNS/c1-4-12(5-2)14(10-8-13)9-7-11-15-6-3/h12H,4-11H2,1-3H3. The van der Waals surface area contributed by atoms with E-state index in [4.69, 9.17) is 11.6 Å². The Kier molecular flexibility index (Phi) is 11.5. The Labute approximate surface area is 105 Å². The van der Waals surface area contributed by atoms with Gasteiger partial charge in [-0.15, -0.1) is 11.6 Å². The third kappa shape index (κ3) is 7.48. The average molecular weight is 252 g/mol. The second kappa shape index (κ2) is 11.1. The summed E-state index contributed by atoms with van der Waals surface area (Å²) in [6, 6.07) is 0.732. The zero-order valence-electron chi connectivity index (χ0n) is 10.5. The van der Waals surface area contributed by atoms with Crippen molar-refractivity contribution in [3.63, 3.8) is 0 Å². The summed E-state index contributed by atoms with van der Waals surface area (Å²) in [4.78, 5) is 2.56. The summed E-state index contributed by atoms with van der Waals surface area (Å²) < 4.78 is 0. The van der Waals surface area contributed by atoms with Crippen molar-refractivity contribution >= 4 is 23.4 Å². The highest BCUT2D eigenvalue weighted by Crippen LogP contribution is 2.11. The van der Waals surface area contributed by atoms with Crippen molar-refractivity contribution < 1.29 is 0 Å². The van der Waals surface area contributed by atoms with E-state index in [2.05, 4.69) is 25.7 Å². The van der Waals surface area contributed by atoms with Gasteiger partial charge in [0.1, 0.15) is 0 Å². The normalized spacial score (nSPS) is 11.6. The van der Waals surface area contributed by atoms with Gasteiger partial charge in [0.05, 0.1) is 0 Å². The summed E-state index contributed by atoms with van der Waals surface area (Å²) in [6.07, 6.45) is 3.79. The second-order valence-electron chi connectivity index (χ2n) is 3.75. The Morgan fingerprint density at radius 3 is 2.27 bits per heavy atom. The molecule has 0 radical (unpaired) electrons. The lowest BCUT2D eigenvalue weighted by atomic mass is 10.1. The lowest BCUT2D eigenvalue weighted by Gasteiger charge is -2.29. The number of thioether (sulfide) groups is 1. The molecule has 0 aliphatic carbocycles. The molecule has 0 rings (SSSR count). The quantitative estimate of drug-likeness (QED) is 0.429. The predicted molar refractivity (Wildman–Crippen MR) is 74.3 cm³/mol. The number of rotatable bonds is 10. The van der Waals surface area contributed by atoms with Crippen LogP contribution in [0.1, 0.15) is 40.0 Å². The molecule has 1 nitrogen and oxygen atoms in total. The SMILES string of the molecule is CCSCCCN(CCCl)C(CC)CC. The van der Waals surface area contributed by atoms with Crippen LogP contribution in [0.2, 0.25) is 0 Å². The Hall–Kier alpha value is 0.600. The highest BCUT2D eigenvalue weighted by molar-refractivity contribution is 7.99. The van der Waals surface area contributed by atoms with E-state index < -0.39 is 0 Å². The molecule has 92 valence electrons. The van der Waals surface area contributed by atoms with Crippen molar-refractivity contribution in [3.05, 3.63) is 0 Å². The topological polar surface area (TPSA) is 3.24 Å². The molecule has 0 spiro atoms. The van der Waals surface area contributed by atoms with Crippen molar-refractivity contribution in [3.8, 4) is 0 Å². The van der Waals surface area contributed by atoms with Crippen LogP contribution >= 0.6 is 23.4 Å². The van der Waals surface area contributed by atoms with Crippen LogP contribution in [0.3, 0.4) is 0 Å². The van der Waals surface area contributed by atoms with Crippen molar-refractivity contribution in [1.29, 1.82) is 0 Å². The van der Waals surface area contributed by atoms with Gasteiger partial charge in [-0.25, -0.2) is 0 Å². The Morgan fingerprint density at radius 2 is 1.80 bits per heavy atom. The van der Waals surface area contributed by atoms with Gasteiger partial charge < -0.3 is 0 Å². The smallest absolute Gasteiger partial charge is 0.0351 e. The molecule has 15 heavy (non-hydrogen) atoms. The lowest BCUT2D eigenvalue weighted by molar-refractivity contribution is 0.197. The molecule has 0 aliphatic rings. The van der Waals surface area contributed by atoms with E-state index in [1.165, 1.54) is 37.3 Å². The van der Waals surface area contributed by atoms with E-state index in [-0.39, 0.29) is 0 Å². The Bertz CT molecular complexity index is 129. The maximum Gasteiger partial charge on any atom is 0.0351 e. The summed E-state index contributed by atoms with van der Waals surface area (Å²) in [5.74, 6) is 3.29. The minimum atomic E-state index is 0.732. The van der Waals surface area contributed by atoms with E-state index in [1.54, 1.807) is 0 Å². The first-order valence-corrected chi connectivity index (χ1v) is 7.86. The maximum absolute atomic E-state index is 5.85. The molecule has 0 fully saturated rings. The molecule has 0 aromatic carbocycles. The van der Waals surface area contributed by atoms with Gasteiger partial charge >= 0.3 is 0 Å². The number of halogens is 1. The zero-order valence-corrected chi connectivity index (χ0v) is 12.0. The van der Waals surface area contributed by atoms with Crippen molar-refractivity contribution in [1.82, 2.24) is 4.90 Å². The molecule has 0 N–H and O–H groups in total. The zero-order chi connectivity index (χ0) is 11.5. The fourth-order valence-corrected chi connectivity index (χ4v) is 2.74. The van der Waals surface area contributed by atoms with Crippen LogP contribution in [-0.2, 0) is 0 Å². The second-order valence-corrected chi connectivity index (χ2v) is 5.52. The van der Waals surface area contributed by atoms with E-state index in [0.29, 0.717) is 0 Å². The third-order valence-electron chi connectivity index (χ3n) is 2.77. The first-order valence-electron chi connectivity index (χ1n) is 6.17. The summed E-state index contributed by atoms with van der Waals surface area (Å²) in [5.41, 5.74) is 0. The van der Waals surface area contributed by atoms with Crippen LogP contribution in [0.5, 0.6) is 0 Å². The molecule has 0 heterocycles. The van der Waals surface area contributed by atoms with Gasteiger partial charge in [-0.1, -0.05) is 20.8 Å². The van der Waals surface area contributed by atoms with Crippen LogP contribution in [0.15, 0.2) is 0 Å². The fourth-order valence-electron chi connectivity index (χ4n) is 1.90. The fraction of sp³-hybridized carbons (Fsp3) is 1.00. The van der Waals surface area contributed by atoms with Crippen LogP contribution in [-0.4, -0.2) is 41.4 Å². The largest absolute Gasteiger partial charge is 0.299 e. The molecular formula is C12H26ClNS. The molecule has 0 saturated carbocycles. The Morgan fingerprint density at radius 1 is 1.13 bits per heavy atom. The molecule has 0 unspecified atom stereocenters. The first-order chi connectivity index (χ1) is 7.29. The minimum absolute atomic E-state index is 0.732. The predicted octanol–water partition coefficient (Wildman–Crippen LogP) is 3.86. The number of hydrogen-bond donors (Lipinski definition) is 0. The molecule has 0 saturated heterocycles. The van der Waals surface area contributed by atoms with Crippen LogP contribution in [0, 0.1) is 0 Å². The Balaban J connectivity index is 3.80. The van der Waals surface area contributed by atoms with E-state index >= 15 is 0 Å². The number of nitrogens with zero attached hydrogens (tertiary/aromatic N) is 1. The van der Waals surface area contributed by atoms with Gasteiger partial charge in [0.2, 0.25) is 0 Å². The number of hydrogen-bond acceptors (Lipinski definition) is 2. The first kappa shape index (κ1) is 15.6. The maximum atomic E-state index is 5.85. The molecule has 0 aromatic rings. The van der Waals surface area contributed by atoms with Gasteiger partial charge in [-0.05, 0) is 37.3 Å². The average Bonchev–Trinajstić information content (AvgIpc) is 2.26.